The summed E-state index contributed by atoms with van der Waals surface area (Å²) in [4.78, 5) is 15.6. The van der Waals surface area contributed by atoms with E-state index in [1.165, 1.54) is 16.2 Å². The molecule has 0 bridgehead atoms. The fourth-order valence-electron chi connectivity index (χ4n) is 5.86. The first-order valence-corrected chi connectivity index (χ1v) is 14.5. The fourth-order valence-corrected chi connectivity index (χ4v) is 6.48. The van der Waals surface area contributed by atoms with E-state index in [0.29, 0.717) is 53.3 Å². The Morgan fingerprint density at radius 1 is 1.12 bits per heavy atom. The molecular weight excluding hydrogens is 555 g/mol. The van der Waals surface area contributed by atoms with E-state index >= 15 is 0 Å². The summed E-state index contributed by atoms with van der Waals surface area (Å²) in [5.74, 6) is 0.624. The third-order valence-electron chi connectivity index (χ3n) is 7.58. The molecule has 0 N–H and O–H groups in total. The Hall–Kier alpha value is -3.24. The summed E-state index contributed by atoms with van der Waals surface area (Å²) in [6.07, 6.45) is 2.76. The molecule has 43 heavy (non-hydrogen) atoms. The number of rotatable bonds is 8. The number of fused-ring (bicyclic) bond motifs is 3. The van der Waals surface area contributed by atoms with Crippen molar-refractivity contribution in [1.29, 1.82) is 0 Å². The molecule has 0 unspecified atom stereocenters. The number of methoxy groups -OCH3 is 1. The summed E-state index contributed by atoms with van der Waals surface area (Å²) in [7, 11) is 39.0. The minimum atomic E-state index is -2.01. The number of nitrogens with zero attached hydrogens (tertiary/aromatic N) is 5. The Kier molecular flexibility index (Phi) is 7.65. The summed E-state index contributed by atoms with van der Waals surface area (Å²) in [6.45, 7) is 0.0621. The van der Waals surface area contributed by atoms with Gasteiger partial charge in [0.1, 0.15) is 18.1 Å². The van der Waals surface area contributed by atoms with Crippen molar-refractivity contribution in [3.63, 3.8) is 0 Å². The summed E-state index contributed by atoms with van der Waals surface area (Å²) in [6, 6.07) is 7.07. The van der Waals surface area contributed by atoms with Gasteiger partial charge in [-0.1, -0.05) is 5.24 Å². The van der Waals surface area contributed by atoms with Crippen molar-refractivity contribution in [2.75, 3.05) is 7.11 Å². The second kappa shape index (κ2) is 11.0. The number of carbonyl (C=O) groups excluding carboxylic acids is 1. The van der Waals surface area contributed by atoms with Gasteiger partial charge in [-0.25, -0.2) is 4.68 Å². The first-order chi connectivity index (χ1) is 20.3. The smallest absolute Gasteiger partial charge is 0.273 e. The van der Waals surface area contributed by atoms with Crippen LogP contribution in [0, 0.1) is 0 Å². The Balaban J connectivity index is 1.47. The molecule has 2 atom stereocenters. The largest absolute Gasteiger partial charge is 0.496 e. The monoisotopic (exact) mass is 579 g/mol. The van der Waals surface area contributed by atoms with Crippen LogP contribution in [0.5, 0.6) is 11.5 Å². The molecular formula is C27H23B6N5O4S. The zero-order valence-corrected chi connectivity index (χ0v) is 24.6. The number of thiophene rings is 1. The van der Waals surface area contributed by atoms with Gasteiger partial charge < -0.3 is 19.1 Å². The molecule has 4 aromatic rings. The standard InChI is InChI=1S/C27H23B6N5O4S/c1-36-7-5-20(34-36)17-10-18-22(11-21(17)40-2)41-12-19-23(35-38(24(18)19)15-6-8-43-13-15)25(39)37(26(28,29)30)14-3-4-16(9-14)42-27(31,32)33/h5-8,10-11,13-14,16H,3-4,9,12H2,1-2H3/t14-,16-/m0/s1. The van der Waals surface area contributed by atoms with Gasteiger partial charge in [0.2, 0.25) is 0 Å². The van der Waals surface area contributed by atoms with Gasteiger partial charge in [0.15, 0.2) is 5.69 Å². The number of hydrogen-bond donors (Lipinski definition) is 0. The number of amides is 1. The maximum absolute atomic E-state index is 14.3. The van der Waals surface area contributed by atoms with Crippen LogP contribution in [0.25, 0.3) is 28.2 Å². The van der Waals surface area contributed by atoms with Gasteiger partial charge in [-0.15, -0.1) is 0 Å². The molecule has 12 radical (unpaired) electrons. The highest BCUT2D eigenvalue weighted by Crippen LogP contribution is 2.46. The van der Waals surface area contributed by atoms with Crippen LogP contribution in [0.4, 0.5) is 0 Å². The minimum Gasteiger partial charge on any atom is -0.496 e. The molecule has 9 nitrogen and oxygen atoms in total. The molecule has 3 aromatic heterocycles. The van der Waals surface area contributed by atoms with Crippen LogP contribution in [-0.2, 0) is 18.4 Å². The van der Waals surface area contributed by atoms with Gasteiger partial charge in [-0.2, -0.15) is 21.5 Å². The van der Waals surface area contributed by atoms with Crippen molar-refractivity contribution >= 4 is 64.3 Å². The van der Waals surface area contributed by atoms with E-state index in [1.807, 2.05) is 48.3 Å². The van der Waals surface area contributed by atoms with E-state index in [9.17, 15) is 4.79 Å². The average Bonchev–Trinajstić information content (AvgIpc) is 3.73. The lowest BCUT2D eigenvalue weighted by Crippen LogP contribution is -2.58. The predicted octanol–water partition coefficient (Wildman–Crippen LogP) is 1.52. The van der Waals surface area contributed by atoms with Crippen molar-refractivity contribution < 1.29 is 19.0 Å². The molecule has 1 aromatic carbocycles. The number of aryl methyl sites for hydroxylation is 1. The van der Waals surface area contributed by atoms with Crippen molar-refractivity contribution in [2.45, 2.75) is 48.6 Å². The maximum atomic E-state index is 14.3. The molecule has 2 aliphatic rings. The number of carbonyl (C=O) groups is 1. The summed E-state index contributed by atoms with van der Waals surface area (Å²) in [5.41, 5.74) is 4.32. The molecule has 1 saturated carbocycles. The SMILES string of the molecule is [B]C([B])([B])O[C@H]1CC[C@H](N(C(=O)c2nn(-c3ccsc3)c3c2COc2cc(OC)c(-c4ccn(C)n4)cc2-3)C([B])([B])[B])C1. The molecule has 1 aliphatic carbocycles. The van der Waals surface area contributed by atoms with Crippen LogP contribution in [0.2, 0.25) is 0 Å². The van der Waals surface area contributed by atoms with Gasteiger partial charge in [0, 0.05) is 47.4 Å². The molecule has 1 fully saturated rings. The third-order valence-corrected chi connectivity index (χ3v) is 8.25. The van der Waals surface area contributed by atoms with Crippen LogP contribution < -0.4 is 9.47 Å². The highest BCUT2D eigenvalue weighted by Gasteiger charge is 2.41. The van der Waals surface area contributed by atoms with Crippen molar-refractivity contribution in [1.82, 2.24) is 24.5 Å². The number of ether oxygens (including phenoxy) is 3. The lowest BCUT2D eigenvalue weighted by Gasteiger charge is -2.42. The summed E-state index contributed by atoms with van der Waals surface area (Å²) >= 11 is 1.50. The summed E-state index contributed by atoms with van der Waals surface area (Å²) < 4.78 is 20.9. The molecule has 1 amide bonds. The quantitative estimate of drug-likeness (QED) is 0.295. The lowest BCUT2D eigenvalue weighted by atomic mass is 9.48. The molecule has 6 rings (SSSR count). The molecule has 4 heterocycles. The van der Waals surface area contributed by atoms with E-state index in [0.717, 1.165) is 11.3 Å². The van der Waals surface area contributed by atoms with Gasteiger partial charge in [0.05, 0.1) is 77.4 Å². The molecule has 0 saturated heterocycles. The molecule has 204 valence electrons. The molecule has 1 aliphatic heterocycles. The second-order valence-corrected chi connectivity index (χ2v) is 11.7. The zero-order chi connectivity index (χ0) is 30.7. The van der Waals surface area contributed by atoms with Crippen LogP contribution >= 0.6 is 11.3 Å². The predicted molar refractivity (Wildman–Crippen MR) is 169 cm³/mol. The zero-order valence-electron chi connectivity index (χ0n) is 23.8. The average molecular weight is 578 g/mol. The number of hydrogen-bond acceptors (Lipinski definition) is 7. The van der Waals surface area contributed by atoms with Gasteiger partial charge in [-0.05, 0) is 48.1 Å². The molecule has 0 spiro atoms. The van der Waals surface area contributed by atoms with Crippen LogP contribution in [0.3, 0.4) is 0 Å². The number of benzene rings is 1. The van der Waals surface area contributed by atoms with Crippen LogP contribution in [-0.4, -0.2) is 107 Å². The van der Waals surface area contributed by atoms with E-state index < -0.39 is 28.6 Å². The van der Waals surface area contributed by atoms with Crippen molar-refractivity contribution in [3.8, 4) is 39.7 Å². The number of aromatic nitrogens is 4. The van der Waals surface area contributed by atoms with Crippen molar-refractivity contribution in [2.24, 2.45) is 7.05 Å². The minimum absolute atomic E-state index is 0.0621. The van der Waals surface area contributed by atoms with E-state index in [1.54, 1.807) is 16.5 Å². The van der Waals surface area contributed by atoms with E-state index in [2.05, 4.69) is 5.10 Å². The second-order valence-electron chi connectivity index (χ2n) is 10.9. The van der Waals surface area contributed by atoms with Gasteiger partial charge in [-0.3, -0.25) is 9.48 Å². The fraction of sp³-hybridized carbons (Fsp3) is 0.370. The van der Waals surface area contributed by atoms with Crippen LogP contribution in [0.15, 0.2) is 41.2 Å². The first kappa shape index (κ1) is 29.8. The third kappa shape index (κ3) is 5.71. The van der Waals surface area contributed by atoms with E-state index in [-0.39, 0.29) is 12.3 Å². The molecule has 16 heteroatoms. The normalized spacial score (nSPS) is 18.1. The topological polar surface area (TPSA) is 83.6 Å². The van der Waals surface area contributed by atoms with Crippen molar-refractivity contribution in [3.05, 3.63) is 52.5 Å². The lowest BCUT2D eigenvalue weighted by molar-refractivity contribution is 0.0420. The summed E-state index contributed by atoms with van der Waals surface area (Å²) in [5, 5.41) is 9.42. The Labute approximate surface area is 262 Å². The van der Waals surface area contributed by atoms with E-state index in [4.69, 9.17) is 66.4 Å². The van der Waals surface area contributed by atoms with Gasteiger partial charge >= 0.3 is 0 Å². The first-order valence-electron chi connectivity index (χ1n) is 13.6. The Morgan fingerprint density at radius 3 is 2.53 bits per heavy atom. The van der Waals surface area contributed by atoms with Crippen LogP contribution in [0.1, 0.15) is 35.3 Å². The Bertz CT molecular complexity index is 1660. The highest BCUT2D eigenvalue weighted by atomic mass is 32.1. The highest BCUT2D eigenvalue weighted by molar-refractivity contribution is 7.08. The maximum Gasteiger partial charge on any atom is 0.273 e. The van der Waals surface area contributed by atoms with Gasteiger partial charge in [0.25, 0.3) is 5.91 Å². The Morgan fingerprint density at radius 2 is 1.91 bits per heavy atom.